The van der Waals surface area contributed by atoms with Crippen LogP contribution in [0.25, 0.3) is 0 Å². The standard InChI is InChI=1S/C20H31N2P/c1-5-8-9-10-11-17(15-23)13-18(6-2)22-20(7-3)16(4)12-19-14-21-19/h5-6,8-10,12,15,18,21-22H,2,7,11,13-14,23H2,1,3-4H3/b8-5-,10-9-,17-15-,19-12+,20-16+/t18-/m1/s1. The first-order valence-electron chi connectivity index (χ1n) is 8.35. The molecule has 126 valence electrons. The van der Waals surface area contributed by atoms with Crippen LogP contribution < -0.4 is 10.6 Å². The van der Waals surface area contributed by atoms with Gasteiger partial charge in [-0.2, -0.15) is 0 Å². The Balaban J connectivity index is 2.67. The molecular weight excluding hydrogens is 299 g/mol. The third-order valence-corrected chi connectivity index (χ3v) is 4.25. The van der Waals surface area contributed by atoms with Gasteiger partial charge >= 0.3 is 0 Å². The zero-order valence-electron chi connectivity index (χ0n) is 14.7. The van der Waals surface area contributed by atoms with Crippen LogP contribution in [0.1, 0.15) is 40.0 Å². The Kier molecular flexibility index (Phi) is 9.40. The Labute approximate surface area is 144 Å². The summed E-state index contributed by atoms with van der Waals surface area (Å²) in [4.78, 5) is 0. The van der Waals surface area contributed by atoms with Gasteiger partial charge in [0.05, 0.1) is 6.54 Å². The first-order valence-corrected chi connectivity index (χ1v) is 9.02. The maximum Gasteiger partial charge on any atom is 0.0545 e. The minimum atomic E-state index is 0.257. The van der Waals surface area contributed by atoms with Gasteiger partial charge in [0, 0.05) is 17.4 Å². The highest BCUT2D eigenvalue weighted by molar-refractivity contribution is 7.20. The van der Waals surface area contributed by atoms with Crippen molar-refractivity contribution in [3.63, 3.8) is 0 Å². The molecule has 0 spiro atoms. The summed E-state index contributed by atoms with van der Waals surface area (Å²) in [5.41, 5.74) is 5.32. The lowest BCUT2D eigenvalue weighted by Gasteiger charge is -2.20. The highest BCUT2D eigenvalue weighted by Crippen LogP contribution is 2.18. The van der Waals surface area contributed by atoms with E-state index in [0.717, 1.165) is 25.8 Å². The highest BCUT2D eigenvalue weighted by atomic mass is 31.0. The summed E-state index contributed by atoms with van der Waals surface area (Å²) in [7, 11) is 2.73. The quantitative estimate of drug-likeness (QED) is 0.256. The second kappa shape index (κ2) is 11.1. The summed E-state index contributed by atoms with van der Waals surface area (Å²) in [6.07, 6.45) is 15.6. The van der Waals surface area contributed by atoms with Crippen molar-refractivity contribution >= 4 is 9.24 Å². The van der Waals surface area contributed by atoms with E-state index in [-0.39, 0.29) is 6.04 Å². The molecule has 1 heterocycles. The van der Waals surface area contributed by atoms with Gasteiger partial charge in [-0.15, -0.1) is 15.8 Å². The average molecular weight is 330 g/mol. The van der Waals surface area contributed by atoms with E-state index in [4.69, 9.17) is 0 Å². The van der Waals surface area contributed by atoms with Crippen molar-refractivity contribution in [1.82, 2.24) is 10.6 Å². The molecule has 0 saturated carbocycles. The summed E-state index contributed by atoms with van der Waals surface area (Å²) < 4.78 is 0. The number of allylic oxidation sites excluding steroid dienone is 7. The third kappa shape index (κ3) is 8.04. The molecule has 0 aromatic heterocycles. The van der Waals surface area contributed by atoms with Gasteiger partial charge in [-0.1, -0.05) is 48.7 Å². The number of nitrogens with one attached hydrogen (secondary N) is 2. The fourth-order valence-corrected chi connectivity index (χ4v) is 2.60. The van der Waals surface area contributed by atoms with Gasteiger partial charge in [0.1, 0.15) is 0 Å². The van der Waals surface area contributed by atoms with Crippen molar-refractivity contribution in [2.45, 2.75) is 46.1 Å². The minimum absolute atomic E-state index is 0.257. The van der Waals surface area contributed by atoms with Crippen LogP contribution >= 0.6 is 9.24 Å². The van der Waals surface area contributed by atoms with Gasteiger partial charge in [-0.05, 0) is 44.8 Å². The Bertz CT molecular complexity index is 530. The summed E-state index contributed by atoms with van der Waals surface area (Å²) >= 11 is 0. The van der Waals surface area contributed by atoms with E-state index in [1.165, 1.54) is 22.5 Å². The van der Waals surface area contributed by atoms with Crippen molar-refractivity contribution in [3.8, 4) is 0 Å². The summed E-state index contributed by atoms with van der Waals surface area (Å²) in [6.45, 7) is 11.4. The van der Waals surface area contributed by atoms with Gasteiger partial charge in [-0.3, -0.25) is 0 Å². The summed E-state index contributed by atoms with van der Waals surface area (Å²) in [5, 5.41) is 6.89. The molecule has 1 unspecified atom stereocenters. The van der Waals surface area contributed by atoms with Crippen molar-refractivity contribution in [3.05, 3.63) is 71.4 Å². The van der Waals surface area contributed by atoms with E-state index in [2.05, 4.69) is 70.4 Å². The molecule has 1 aliphatic heterocycles. The summed E-state index contributed by atoms with van der Waals surface area (Å²) in [5.74, 6) is 2.14. The number of hydrogen-bond donors (Lipinski definition) is 2. The Morgan fingerprint density at radius 2 is 2.17 bits per heavy atom. The molecule has 1 rings (SSSR count). The number of hydrogen-bond acceptors (Lipinski definition) is 2. The fourth-order valence-electron chi connectivity index (χ4n) is 2.32. The number of rotatable bonds is 10. The van der Waals surface area contributed by atoms with Gasteiger partial charge in [0.25, 0.3) is 0 Å². The molecule has 0 aromatic rings. The molecule has 2 atom stereocenters. The van der Waals surface area contributed by atoms with Crippen molar-refractivity contribution < 1.29 is 0 Å². The lowest BCUT2D eigenvalue weighted by Crippen LogP contribution is -2.27. The van der Waals surface area contributed by atoms with E-state index in [1.807, 2.05) is 19.1 Å². The molecular formula is C20H31N2P. The maximum absolute atomic E-state index is 4.00. The molecule has 0 radical (unpaired) electrons. The lowest BCUT2D eigenvalue weighted by molar-refractivity contribution is 0.637. The lowest BCUT2D eigenvalue weighted by atomic mass is 10.0. The van der Waals surface area contributed by atoms with Crippen LogP contribution in [0.15, 0.2) is 71.4 Å². The van der Waals surface area contributed by atoms with E-state index < -0.39 is 0 Å². The maximum atomic E-state index is 4.00. The molecule has 3 heteroatoms. The molecule has 0 aromatic carbocycles. The first kappa shape index (κ1) is 19.5. The van der Waals surface area contributed by atoms with E-state index in [1.54, 1.807) is 0 Å². The Morgan fingerprint density at radius 3 is 2.70 bits per heavy atom. The fraction of sp³-hybridized carbons (Fsp3) is 0.400. The molecule has 1 saturated heterocycles. The van der Waals surface area contributed by atoms with Crippen LogP contribution in [0.2, 0.25) is 0 Å². The molecule has 2 N–H and O–H groups in total. The zero-order chi connectivity index (χ0) is 17.1. The van der Waals surface area contributed by atoms with E-state index in [0.29, 0.717) is 0 Å². The van der Waals surface area contributed by atoms with Gasteiger partial charge < -0.3 is 10.6 Å². The van der Waals surface area contributed by atoms with Gasteiger partial charge in [0.2, 0.25) is 0 Å². The normalized spacial score (nSPS) is 19.0. The van der Waals surface area contributed by atoms with Crippen molar-refractivity contribution in [2.75, 3.05) is 6.54 Å². The largest absolute Gasteiger partial charge is 0.382 e. The highest BCUT2D eigenvalue weighted by Gasteiger charge is 2.12. The topological polar surface area (TPSA) is 34.0 Å². The smallest absolute Gasteiger partial charge is 0.0545 e. The Hall–Kier alpha value is -1.53. The van der Waals surface area contributed by atoms with Crippen LogP contribution in [-0.4, -0.2) is 12.6 Å². The van der Waals surface area contributed by atoms with Crippen molar-refractivity contribution in [1.29, 1.82) is 0 Å². The van der Waals surface area contributed by atoms with Crippen LogP contribution in [-0.2, 0) is 0 Å². The second-order valence-electron chi connectivity index (χ2n) is 5.71. The molecule has 1 aliphatic rings. The first-order chi connectivity index (χ1) is 11.1. The predicted molar refractivity (Wildman–Crippen MR) is 107 cm³/mol. The average Bonchev–Trinajstić information content (AvgIpc) is 3.37. The molecule has 2 nitrogen and oxygen atoms in total. The van der Waals surface area contributed by atoms with Crippen LogP contribution in [0, 0.1) is 0 Å². The monoisotopic (exact) mass is 330 g/mol. The van der Waals surface area contributed by atoms with E-state index >= 15 is 0 Å². The second-order valence-corrected chi connectivity index (χ2v) is 6.05. The van der Waals surface area contributed by atoms with Gasteiger partial charge in [0.15, 0.2) is 0 Å². The van der Waals surface area contributed by atoms with Gasteiger partial charge in [-0.25, -0.2) is 0 Å². The minimum Gasteiger partial charge on any atom is -0.382 e. The molecule has 0 amide bonds. The molecule has 1 fully saturated rings. The molecule has 23 heavy (non-hydrogen) atoms. The third-order valence-electron chi connectivity index (χ3n) is 3.78. The SMILES string of the molecule is C=C[C@H](C/C(=C\P)C/C=C\C=C/C)N/C(CC)=C(C)/C=C1\CN1. The molecule has 0 aliphatic carbocycles. The molecule has 0 bridgehead atoms. The summed E-state index contributed by atoms with van der Waals surface area (Å²) in [6, 6.07) is 0.257. The zero-order valence-corrected chi connectivity index (χ0v) is 15.9. The van der Waals surface area contributed by atoms with Crippen LogP contribution in [0.3, 0.4) is 0 Å². The Morgan fingerprint density at radius 1 is 1.43 bits per heavy atom. The predicted octanol–water partition coefficient (Wildman–Crippen LogP) is 4.97. The van der Waals surface area contributed by atoms with Crippen LogP contribution in [0.4, 0.5) is 0 Å². The van der Waals surface area contributed by atoms with E-state index in [9.17, 15) is 0 Å². The van der Waals surface area contributed by atoms with Crippen LogP contribution in [0.5, 0.6) is 0 Å². The van der Waals surface area contributed by atoms with Crippen molar-refractivity contribution in [2.24, 2.45) is 0 Å².